The van der Waals surface area contributed by atoms with Gasteiger partial charge in [0.1, 0.15) is 0 Å². The van der Waals surface area contributed by atoms with Crippen molar-refractivity contribution in [1.29, 1.82) is 0 Å². The lowest BCUT2D eigenvalue weighted by atomic mass is 10.1. The molecule has 0 aromatic heterocycles. The van der Waals surface area contributed by atoms with E-state index in [1.807, 2.05) is 0 Å². The van der Waals surface area contributed by atoms with E-state index < -0.39 is 23.9 Å². The van der Waals surface area contributed by atoms with Crippen molar-refractivity contribution >= 4 is 35.3 Å². The highest BCUT2D eigenvalue weighted by atomic mass is 35.5. The van der Waals surface area contributed by atoms with Crippen molar-refractivity contribution in [3.05, 3.63) is 35.0 Å². The van der Waals surface area contributed by atoms with Gasteiger partial charge in [0.05, 0.1) is 23.1 Å². The summed E-state index contributed by atoms with van der Waals surface area (Å²) in [6, 6.07) is 3.39. The van der Waals surface area contributed by atoms with Gasteiger partial charge < -0.3 is 14.8 Å². The van der Waals surface area contributed by atoms with Gasteiger partial charge in [0.25, 0.3) is 5.91 Å². The quantitative estimate of drug-likeness (QED) is 0.699. The third-order valence-electron chi connectivity index (χ3n) is 3.92. The van der Waals surface area contributed by atoms with Crippen LogP contribution in [0.15, 0.2) is 34.4 Å². The van der Waals surface area contributed by atoms with Gasteiger partial charge in [-0.2, -0.15) is 8.78 Å². The molecule has 2 unspecified atom stereocenters. The van der Waals surface area contributed by atoms with Crippen LogP contribution >= 0.6 is 23.2 Å². The number of hydrogen-bond donors (Lipinski definition) is 1. The van der Waals surface area contributed by atoms with Gasteiger partial charge in [-0.05, 0) is 37.0 Å². The number of halogens is 4. The van der Waals surface area contributed by atoms with Gasteiger partial charge in [0, 0.05) is 18.0 Å². The second kappa shape index (κ2) is 8.22. The number of carbonyl (C=O) groups excluding carboxylic acids is 1. The summed E-state index contributed by atoms with van der Waals surface area (Å²) in [5, 5.41) is 2.39. The molecule has 0 saturated heterocycles. The van der Waals surface area contributed by atoms with Crippen LogP contribution in [0.2, 0.25) is 0 Å². The van der Waals surface area contributed by atoms with Gasteiger partial charge in [-0.3, -0.25) is 9.79 Å². The van der Waals surface area contributed by atoms with Crippen LogP contribution in [-0.4, -0.2) is 36.8 Å². The average Bonchev–Trinajstić information content (AvgIpc) is 3.41. The summed E-state index contributed by atoms with van der Waals surface area (Å²) in [6.45, 7) is -2.59. The molecule has 26 heavy (non-hydrogen) atoms. The monoisotopic (exact) mass is 404 g/mol. The summed E-state index contributed by atoms with van der Waals surface area (Å²) in [7, 11) is 0. The Balaban J connectivity index is 1.75. The first-order valence-electron chi connectivity index (χ1n) is 7.99. The predicted molar refractivity (Wildman–Crippen MR) is 94.6 cm³/mol. The first-order valence-corrected chi connectivity index (χ1v) is 8.81. The zero-order chi connectivity index (χ0) is 18.7. The standard InChI is InChI=1S/C17H16Cl2F2N2O3/c18-11-6-22-7-12(19)15(11)23-16(24)10-3-4-13(26-17(20)21)14(5-10)25-8-9-1-2-9/h3-7,9,11,15,17H,1-2,8H2,(H,23,24). The largest absolute Gasteiger partial charge is 0.489 e. The zero-order valence-electron chi connectivity index (χ0n) is 13.5. The molecule has 0 radical (unpaired) electrons. The van der Waals surface area contributed by atoms with Crippen molar-refractivity contribution in [2.24, 2.45) is 10.9 Å². The minimum absolute atomic E-state index is 0.0964. The van der Waals surface area contributed by atoms with Gasteiger partial charge in [-0.15, -0.1) is 11.6 Å². The van der Waals surface area contributed by atoms with Crippen LogP contribution in [0.4, 0.5) is 8.78 Å². The third kappa shape index (κ3) is 4.86. The molecule has 2 aliphatic rings. The number of nitrogens with zero attached hydrogens (tertiary/aromatic N) is 1. The molecule has 140 valence electrons. The molecule has 1 aromatic rings. The first-order chi connectivity index (χ1) is 12.4. The van der Waals surface area contributed by atoms with Gasteiger partial charge >= 0.3 is 6.61 Å². The molecule has 9 heteroatoms. The Morgan fingerprint density at radius 2 is 2.12 bits per heavy atom. The summed E-state index contributed by atoms with van der Waals surface area (Å²) in [5.74, 6) is -0.0778. The summed E-state index contributed by atoms with van der Waals surface area (Å²) in [4.78, 5) is 16.4. The molecule has 1 aliphatic heterocycles. The Labute approximate surface area is 159 Å². The molecule has 1 aliphatic carbocycles. The Kier molecular flexibility index (Phi) is 5.98. The molecular formula is C17H16Cl2F2N2O3. The van der Waals surface area contributed by atoms with E-state index >= 15 is 0 Å². The molecule has 1 heterocycles. The minimum Gasteiger partial charge on any atom is -0.489 e. The molecular weight excluding hydrogens is 389 g/mol. The highest BCUT2D eigenvalue weighted by Crippen LogP contribution is 2.34. The molecule has 0 bridgehead atoms. The number of benzene rings is 1. The van der Waals surface area contributed by atoms with E-state index in [-0.39, 0.29) is 17.1 Å². The Hall–Kier alpha value is -1.86. The molecule has 1 saturated carbocycles. The van der Waals surface area contributed by atoms with Crippen LogP contribution in [0.1, 0.15) is 23.2 Å². The van der Waals surface area contributed by atoms with Crippen LogP contribution in [0.5, 0.6) is 11.5 Å². The fourth-order valence-electron chi connectivity index (χ4n) is 2.34. The van der Waals surface area contributed by atoms with Crippen molar-refractivity contribution in [2.75, 3.05) is 6.61 Å². The average molecular weight is 405 g/mol. The maximum atomic E-state index is 12.6. The van der Waals surface area contributed by atoms with E-state index in [2.05, 4.69) is 15.0 Å². The van der Waals surface area contributed by atoms with Gasteiger partial charge in [-0.1, -0.05) is 11.6 Å². The van der Waals surface area contributed by atoms with Crippen LogP contribution in [0.3, 0.4) is 0 Å². The Bertz CT molecular complexity index is 739. The molecule has 3 rings (SSSR count). The van der Waals surface area contributed by atoms with Crippen LogP contribution in [0, 0.1) is 5.92 Å². The van der Waals surface area contributed by atoms with E-state index in [1.54, 1.807) is 0 Å². The second-order valence-corrected chi connectivity index (χ2v) is 6.94. The Morgan fingerprint density at radius 3 is 2.77 bits per heavy atom. The zero-order valence-corrected chi connectivity index (χ0v) is 15.0. The number of aliphatic imine (C=N–C) groups is 1. The normalized spacial score (nSPS) is 22.1. The number of hydrogen-bond acceptors (Lipinski definition) is 4. The molecule has 2 atom stereocenters. The summed E-state index contributed by atoms with van der Waals surface area (Å²) in [6.07, 6.45) is 4.93. The van der Waals surface area contributed by atoms with Crippen molar-refractivity contribution in [3.8, 4) is 11.5 Å². The van der Waals surface area contributed by atoms with Crippen molar-refractivity contribution in [2.45, 2.75) is 30.9 Å². The lowest BCUT2D eigenvalue weighted by Gasteiger charge is -2.22. The molecule has 0 spiro atoms. The summed E-state index contributed by atoms with van der Waals surface area (Å²) < 4.78 is 35.1. The molecule has 1 fully saturated rings. The SMILES string of the molecule is O=C(NC1C(Cl)=CN=CC1Cl)c1ccc(OC(F)F)c(OCC2CC2)c1. The van der Waals surface area contributed by atoms with Crippen molar-refractivity contribution in [1.82, 2.24) is 5.32 Å². The van der Waals surface area contributed by atoms with Crippen molar-refractivity contribution in [3.63, 3.8) is 0 Å². The van der Waals surface area contributed by atoms with Gasteiger partial charge in [0.15, 0.2) is 11.5 Å². The second-order valence-electron chi connectivity index (χ2n) is 6.00. The Morgan fingerprint density at radius 1 is 1.35 bits per heavy atom. The molecule has 1 amide bonds. The number of amides is 1. The summed E-state index contributed by atoms with van der Waals surface area (Å²) in [5.41, 5.74) is 0.216. The molecule has 1 aromatic carbocycles. The van der Waals surface area contributed by atoms with Gasteiger partial charge in [0.2, 0.25) is 0 Å². The minimum atomic E-state index is -2.99. The maximum Gasteiger partial charge on any atom is 0.387 e. The highest BCUT2D eigenvalue weighted by molar-refractivity contribution is 6.35. The third-order valence-corrected chi connectivity index (χ3v) is 4.62. The number of nitrogens with one attached hydrogen (secondary N) is 1. The summed E-state index contributed by atoms with van der Waals surface area (Å²) >= 11 is 12.1. The maximum absolute atomic E-state index is 12.6. The number of ether oxygens (including phenoxy) is 2. The highest BCUT2D eigenvalue weighted by Gasteiger charge is 2.27. The molecule has 1 N–H and O–H groups in total. The fourth-order valence-corrected chi connectivity index (χ4v) is 2.91. The van der Waals surface area contributed by atoms with Crippen LogP contribution in [0.25, 0.3) is 0 Å². The number of carbonyl (C=O) groups is 1. The molecule has 5 nitrogen and oxygen atoms in total. The van der Waals surface area contributed by atoms with E-state index in [0.717, 1.165) is 12.8 Å². The van der Waals surface area contributed by atoms with E-state index in [9.17, 15) is 13.6 Å². The predicted octanol–water partition coefficient (Wildman–Crippen LogP) is 3.95. The number of alkyl halides is 3. The lowest BCUT2D eigenvalue weighted by Crippen LogP contribution is -2.43. The van der Waals surface area contributed by atoms with E-state index in [0.29, 0.717) is 17.6 Å². The van der Waals surface area contributed by atoms with Crippen LogP contribution in [-0.2, 0) is 0 Å². The first kappa shape index (κ1) is 18.9. The topological polar surface area (TPSA) is 59.9 Å². The van der Waals surface area contributed by atoms with Crippen LogP contribution < -0.4 is 14.8 Å². The fraction of sp³-hybridized carbons (Fsp3) is 0.412. The van der Waals surface area contributed by atoms with Gasteiger partial charge in [-0.25, -0.2) is 0 Å². The van der Waals surface area contributed by atoms with Crippen molar-refractivity contribution < 1.29 is 23.0 Å². The van der Waals surface area contributed by atoms with E-state index in [4.69, 9.17) is 27.9 Å². The van der Waals surface area contributed by atoms with E-state index in [1.165, 1.54) is 30.6 Å². The smallest absolute Gasteiger partial charge is 0.387 e. The number of rotatable bonds is 7. The lowest BCUT2D eigenvalue weighted by molar-refractivity contribution is -0.0515.